The van der Waals surface area contributed by atoms with E-state index in [4.69, 9.17) is 4.42 Å². The number of carbonyl (C=O) groups excluding carboxylic acids is 2. The second kappa shape index (κ2) is 4.86. The number of ketones is 1. The molecule has 0 saturated heterocycles. The molecule has 1 N–H and O–H groups in total. The Morgan fingerprint density at radius 3 is 2.71 bits per heavy atom. The number of carbonyl (C=O) groups is 2. The molecule has 1 aromatic carbocycles. The van der Waals surface area contributed by atoms with E-state index in [2.05, 4.69) is 0 Å². The molecule has 1 aliphatic heterocycles. The minimum absolute atomic E-state index is 0.142. The summed E-state index contributed by atoms with van der Waals surface area (Å²) in [6, 6.07) is 10.1. The molecule has 0 aliphatic carbocycles. The molecule has 1 atom stereocenters. The van der Waals surface area contributed by atoms with E-state index in [-0.39, 0.29) is 12.2 Å². The number of amides is 1. The molecule has 0 fully saturated rings. The first-order valence-electron chi connectivity index (χ1n) is 6.78. The molecule has 1 aromatic heterocycles. The van der Waals surface area contributed by atoms with Crippen molar-refractivity contribution in [2.24, 2.45) is 0 Å². The van der Waals surface area contributed by atoms with Crippen LogP contribution in [-0.4, -0.2) is 23.3 Å². The van der Waals surface area contributed by atoms with Crippen molar-refractivity contribution in [3.05, 3.63) is 54.0 Å². The first-order chi connectivity index (χ1) is 10.1. The van der Waals surface area contributed by atoms with Gasteiger partial charge in [0.15, 0.2) is 11.4 Å². The maximum atomic E-state index is 12.5. The number of anilines is 1. The average molecular weight is 285 g/mol. The molecular formula is C16H15NO4. The van der Waals surface area contributed by atoms with Crippen molar-refractivity contribution in [3.8, 4) is 0 Å². The number of aliphatic hydroxyl groups is 1. The maximum absolute atomic E-state index is 12.5. The topological polar surface area (TPSA) is 70.8 Å². The van der Waals surface area contributed by atoms with E-state index in [9.17, 15) is 14.7 Å². The number of rotatable bonds is 4. The predicted octanol–water partition coefficient (Wildman–Crippen LogP) is 2.11. The molecule has 1 aliphatic rings. The van der Waals surface area contributed by atoms with Gasteiger partial charge >= 0.3 is 0 Å². The smallest absolute Gasteiger partial charge is 0.264 e. The number of furan rings is 1. The lowest BCUT2D eigenvalue weighted by Gasteiger charge is -2.21. The van der Waals surface area contributed by atoms with Gasteiger partial charge in [-0.15, -0.1) is 0 Å². The fourth-order valence-corrected chi connectivity index (χ4v) is 2.75. The molecule has 0 radical (unpaired) electrons. The summed E-state index contributed by atoms with van der Waals surface area (Å²) in [6.45, 7) is 2.27. The third kappa shape index (κ3) is 1.97. The molecule has 21 heavy (non-hydrogen) atoms. The summed E-state index contributed by atoms with van der Waals surface area (Å²) in [6.07, 6.45) is 1.06. The molecule has 5 nitrogen and oxygen atoms in total. The predicted molar refractivity (Wildman–Crippen MR) is 76.0 cm³/mol. The van der Waals surface area contributed by atoms with Crippen LogP contribution in [0.3, 0.4) is 0 Å². The Hall–Kier alpha value is -2.40. The highest BCUT2D eigenvalue weighted by atomic mass is 16.3. The van der Waals surface area contributed by atoms with Crippen LogP contribution in [-0.2, 0) is 10.4 Å². The second-order valence-corrected chi connectivity index (χ2v) is 5.00. The molecule has 3 rings (SSSR count). The zero-order valence-corrected chi connectivity index (χ0v) is 11.6. The summed E-state index contributed by atoms with van der Waals surface area (Å²) in [7, 11) is 0. The molecule has 1 amide bonds. The number of nitrogens with zero attached hydrogens (tertiary/aromatic N) is 1. The Morgan fingerprint density at radius 1 is 1.29 bits per heavy atom. The number of Topliss-reactive ketones (excluding diaryl/α,β-unsaturated/α-hetero) is 1. The van der Waals surface area contributed by atoms with Gasteiger partial charge in [0, 0.05) is 12.1 Å². The second-order valence-electron chi connectivity index (χ2n) is 5.00. The van der Waals surface area contributed by atoms with Crippen molar-refractivity contribution in [2.75, 3.05) is 11.4 Å². The molecule has 5 heteroatoms. The summed E-state index contributed by atoms with van der Waals surface area (Å²) in [5.74, 6) is -0.724. The summed E-state index contributed by atoms with van der Waals surface area (Å²) < 4.78 is 5.04. The van der Waals surface area contributed by atoms with E-state index in [0.717, 1.165) is 0 Å². The highest BCUT2D eigenvalue weighted by Gasteiger charge is 2.50. The zero-order valence-electron chi connectivity index (χ0n) is 11.6. The van der Waals surface area contributed by atoms with Crippen LogP contribution in [0.1, 0.15) is 29.5 Å². The molecule has 108 valence electrons. The number of benzene rings is 1. The van der Waals surface area contributed by atoms with Crippen molar-refractivity contribution in [1.82, 2.24) is 0 Å². The Kier molecular flexibility index (Phi) is 3.14. The van der Waals surface area contributed by atoms with Crippen molar-refractivity contribution in [3.63, 3.8) is 0 Å². The van der Waals surface area contributed by atoms with Gasteiger partial charge in [-0.25, -0.2) is 0 Å². The van der Waals surface area contributed by atoms with Crippen LogP contribution in [0.25, 0.3) is 0 Å². The van der Waals surface area contributed by atoms with Gasteiger partial charge in [-0.1, -0.05) is 18.2 Å². The van der Waals surface area contributed by atoms with E-state index >= 15 is 0 Å². The van der Waals surface area contributed by atoms with E-state index in [1.54, 1.807) is 30.3 Å². The van der Waals surface area contributed by atoms with Gasteiger partial charge in [-0.05, 0) is 25.1 Å². The fraction of sp³-hybridized carbons (Fsp3) is 0.250. The molecule has 0 unspecified atom stereocenters. The van der Waals surface area contributed by atoms with Gasteiger partial charge in [0.1, 0.15) is 0 Å². The lowest BCUT2D eigenvalue weighted by atomic mass is 9.89. The third-order valence-electron chi connectivity index (χ3n) is 3.77. The summed E-state index contributed by atoms with van der Waals surface area (Å²) in [5.41, 5.74) is -0.701. The van der Waals surface area contributed by atoms with Gasteiger partial charge < -0.3 is 14.4 Å². The SMILES string of the molecule is CCN1C(=O)[C@@](O)(CC(=O)c2ccco2)c2ccccc21. The van der Waals surface area contributed by atoms with Gasteiger partial charge in [0.05, 0.1) is 18.4 Å². The Bertz CT molecular complexity index is 692. The molecule has 0 saturated carbocycles. The van der Waals surface area contributed by atoms with E-state index in [1.807, 2.05) is 6.92 Å². The van der Waals surface area contributed by atoms with Crippen molar-refractivity contribution >= 4 is 17.4 Å². The Morgan fingerprint density at radius 2 is 2.05 bits per heavy atom. The number of para-hydroxylation sites is 1. The lowest BCUT2D eigenvalue weighted by Crippen LogP contribution is -2.41. The highest BCUT2D eigenvalue weighted by Crippen LogP contribution is 2.42. The monoisotopic (exact) mass is 285 g/mol. The first-order valence-corrected chi connectivity index (χ1v) is 6.78. The Balaban J connectivity index is 2.00. The Labute approximate surface area is 121 Å². The zero-order chi connectivity index (χ0) is 15.0. The van der Waals surface area contributed by atoms with E-state index in [1.165, 1.54) is 17.2 Å². The van der Waals surface area contributed by atoms with E-state index < -0.39 is 17.3 Å². The van der Waals surface area contributed by atoms with Crippen LogP contribution in [0, 0.1) is 0 Å². The van der Waals surface area contributed by atoms with Crippen LogP contribution in [0.15, 0.2) is 47.1 Å². The van der Waals surface area contributed by atoms with Crippen LogP contribution < -0.4 is 4.90 Å². The quantitative estimate of drug-likeness (QED) is 0.873. The standard InChI is InChI=1S/C16H15NO4/c1-2-17-12-7-4-3-6-11(12)16(20,15(17)19)10-13(18)14-8-5-9-21-14/h3-9,20H,2,10H2,1H3/t16-/m1/s1. The largest absolute Gasteiger partial charge is 0.461 e. The van der Waals surface area contributed by atoms with Crippen molar-refractivity contribution in [2.45, 2.75) is 18.9 Å². The molecule has 0 spiro atoms. The molecule has 2 heterocycles. The molecule has 0 bridgehead atoms. The van der Waals surface area contributed by atoms with Crippen LogP contribution >= 0.6 is 0 Å². The highest BCUT2D eigenvalue weighted by molar-refractivity contribution is 6.10. The minimum atomic E-state index is -1.82. The molecular weight excluding hydrogens is 270 g/mol. The number of fused-ring (bicyclic) bond motifs is 1. The summed E-state index contributed by atoms with van der Waals surface area (Å²) in [5, 5.41) is 10.8. The fourth-order valence-electron chi connectivity index (χ4n) is 2.75. The lowest BCUT2D eigenvalue weighted by molar-refractivity contribution is -0.135. The number of hydrogen-bond donors (Lipinski definition) is 1. The van der Waals surface area contributed by atoms with Gasteiger partial charge in [0.2, 0.25) is 5.78 Å². The first kappa shape index (κ1) is 13.6. The van der Waals surface area contributed by atoms with Gasteiger partial charge in [-0.2, -0.15) is 0 Å². The average Bonchev–Trinajstić information content (AvgIpc) is 3.08. The van der Waals surface area contributed by atoms with Crippen molar-refractivity contribution in [1.29, 1.82) is 0 Å². The number of likely N-dealkylation sites (N-methyl/N-ethyl adjacent to an activating group) is 1. The van der Waals surface area contributed by atoms with Gasteiger partial charge in [0.25, 0.3) is 5.91 Å². The maximum Gasteiger partial charge on any atom is 0.264 e. The summed E-state index contributed by atoms with van der Waals surface area (Å²) >= 11 is 0. The summed E-state index contributed by atoms with van der Waals surface area (Å²) in [4.78, 5) is 26.2. The minimum Gasteiger partial charge on any atom is -0.461 e. The third-order valence-corrected chi connectivity index (χ3v) is 3.77. The van der Waals surface area contributed by atoms with Gasteiger partial charge in [-0.3, -0.25) is 9.59 Å². The van der Waals surface area contributed by atoms with Crippen molar-refractivity contribution < 1.29 is 19.1 Å². The van der Waals surface area contributed by atoms with Crippen LogP contribution in [0.4, 0.5) is 5.69 Å². The van der Waals surface area contributed by atoms with Crippen LogP contribution in [0.5, 0.6) is 0 Å². The van der Waals surface area contributed by atoms with E-state index in [0.29, 0.717) is 17.8 Å². The van der Waals surface area contributed by atoms with Crippen LogP contribution in [0.2, 0.25) is 0 Å². The molecule has 2 aromatic rings. The number of hydrogen-bond acceptors (Lipinski definition) is 4. The normalized spacial score (nSPS) is 20.7.